The molecule has 2 amide bonds. The minimum atomic E-state index is -0.538. The van der Waals surface area contributed by atoms with Crippen molar-refractivity contribution in [2.24, 2.45) is 0 Å². The third kappa shape index (κ3) is 5.82. The van der Waals surface area contributed by atoms with Gasteiger partial charge in [-0.1, -0.05) is 28.1 Å². The number of ether oxygens (including phenoxy) is 1. The van der Waals surface area contributed by atoms with Crippen molar-refractivity contribution in [1.82, 2.24) is 5.32 Å². The van der Waals surface area contributed by atoms with Crippen LogP contribution in [-0.4, -0.2) is 18.9 Å². The van der Waals surface area contributed by atoms with Gasteiger partial charge in [0, 0.05) is 10.2 Å². The molecule has 2 N–H and O–H groups in total. The third-order valence-electron chi connectivity index (χ3n) is 3.82. The Labute approximate surface area is 184 Å². The van der Waals surface area contributed by atoms with Crippen LogP contribution in [0.25, 0.3) is 6.08 Å². The van der Waals surface area contributed by atoms with Crippen LogP contribution in [0, 0.1) is 0 Å². The highest BCUT2D eigenvalue weighted by Gasteiger charge is 2.17. The Hall–Kier alpha value is -2.84. The van der Waals surface area contributed by atoms with Gasteiger partial charge >= 0.3 is 0 Å². The average Bonchev–Trinajstić information content (AvgIpc) is 3.16. The van der Waals surface area contributed by atoms with E-state index < -0.39 is 11.8 Å². The molecule has 0 aliphatic heterocycles. The van der Waals surface area contributed by atoms with E-state index in [1.807, 2.05) is 24.3 Å². The molecule has 29 heavy (non-hydrogen) atoms. The van der Waals surface area contributed by atoms with Crippen LogP contribution in [0.1, 0.15) is 16.1 Å². The van der Waals surface area contributed by atoms with Gasteiger partial charge in [-0.25, -0.2) is 0 Å². The van der Waals surface area contributed by atoms with Crippen LogP contribution in [-0.2, 0) is 4.79 Å². The van der Waals surface area contributed by atoms with E-state index in [4.69, 9.17) is 9.15 Å². The first-order valence-electron chi connectivity index (χ1n) is 8.44. The quantitative estimate of drug-likeness (QED) is 0.437. The number of carbonyl (C=O) groups is 2. The molecule has 0 radical (unpaired) electrons. The molecular formula is C21H16Br2N2O4. The molecule has 0 bridgehead atoms. The number of rotatable bonds is 6. The maximum atomic E-state index is 12.8. The number of hydrogen-bond donors (Lipinski definition) is 2. The second-order valence-electron chi connectivity index (χ2n) is 5.85. The van der Waals surface area contributed by atoms with Crippen LogP contribution in [0.5, 0.6) is 5.75 Å². The summed E-state index contributed by atoms with van der Waals surface area (Å²) >= 11 is 6.53. The molecule has 0 aliphatic rings. The lowest BCUT2D eigenvalue weighted by atomic mass is 10.2. The van der Waals surface area contributed by atoms with Crippen LogP contribution in [0.15, 0.2) is 79.9 Å². The zero-order valence-electron chi connectivity index (χ0n) is 15.2. The van der Waals surface area contributed by atoms with E-state index in [0.29, 0.717) is 16.1 Å². The van der Waals surface area contributed by atoms with E-state index in [1.54, 1.807) is 43.5 Å². The van der Waals surface area contributed by atoms with Crippen LogP contribution >= 0.6 is 31.9 Å². The molecule has 3 aromatic rings. The maximum absolute atomic E-state index is 12.8. The number of benzene rings is 2. The summed E-state index contributed by atoms with van der Waals surface area (Å²) in [5.74, 6) is -0.262. The zero-order valence-corrected chi connectivity index (χ0v) is 18.4. The number of nitrogens with one attached hydrogen (secondary N) is 2. The fraction of sp³-hybridized carbons (Fsp3) is 0.0476. The molecule has 1 aromatic heterocycles. The van der Waals surface area contributed by atoms with Gasteiger partial charge < -0.3 is 19.8 Å². The SMILES string of the molecule is COc1ccc(NC(=O)/C(=C\c2ccc(Br)cc2)NC(=O)c2ccc(Br)o2)cc1. The molecule has 148 valence electrons. The molecule has 0 unspecified atom stereocenters. The van der Waals surface area contributed by atoms with Gasteiger partial charge in [0.25, 0.3) is 11.8 Å². The smallest absolute Gasteiger partial charge is 0.291 e. The van der Waals surface area contributed by atoms with Gasteiger partial charge in [0.05, 0.1) is 7.11 Å². The highest BCUT2D eigenvalue weighted by atomic mass is 79.9. The van der Waals surface area contributed by atoms with Crippen LogP contribution in [0.3, 0.4) is 0 Å². The molecule has 1 heterocycles. The Morgan fingerprint density at radius 3 is 2.24 bits per heavy atom. The van der Waals surface area contributed by atoms with E-state index in [-0.39, 0.29) is 11.5 Å². The first-order chi connectivity index (χ1) is 13.9. The third-order valence-corrected chi connectivity index (χ3v) is 4.77. The minimum Gasteiger partial charge on any atom is -0.497 e. The molecule has 0 aliphatic carbocycles. The Bertz CT molecular complexity index is 1040. The Balaban J connectivity index is 1.85. The maximum Gasteiger partial charge on any atom is 0.291 e. The summed E-state index contributed by atoms with van der Waals surface area (Å²) in [6.07, 6.45) is 1.58. The highest BCUT2D eigenvalue weighted by Crippen LogP contribution is 2.18. The van der Waals surface area contributed by atoms with Crippen molar-refractivity contribution in [3.05, 3.63) is 86.8 Å². The first-order valence-corrected chi connectivity index (χ1v) is 10.0. The molecule has 0 spiro atoms. The molecule has 0 saturated heterocycles. The van der Waals surface area contributed by atoms with Crippen molar-refractivity contribution in [3.63, 3.8) is 0 Å². The highest BCUT2D eigenvalue weighted by molar-refractivity contribution is 9.10. The monoisotopic (exact) mass is 518 g/mol. The van der Waals surface area contributed by atoms with Crippen LogP contribution in [0.2, 0.25) is 0 Å². The van der Waals surface area contributed by atoms with Crippen LogP contribution in [0.4, 0.5) is 5.69 Å². The van der Waals surface area contributed by atoms with E-state index in [0.717, 1.165) is 10.0 Å². The number of carbonyl (C=O) groups excluding carboxylic acids is 2. The van der Waals surface area contributed by atoms with Crippen molar-refractivity contribution in [1.29, 1.82) is 0 Å². The summed E-state index contributed by atoms with van der Waals surface area (Å²) in [5.41, 5.74) is 1.38. The summed E-state index contributed by atoms with van der Waals surface area (Å²) in [5, 5.41) is 5.37. The van der Waals surface area contributed by atoms with Crippen molar-refractivity contribution < 1.29 is 18.7 Å². The normalized spacial score (nSPS) is 11.1. The molecule has 8 heteroatoms. The molecule has 0 saturated carbocycles. The lowest BCUT2D eigenvalue weighted by Gasteiger charge is -2.11. The summed E-state index contributed by atoms with van der Waals surface area (Å²) in [7, 11) is 1.56. The standard InChI is InChI=1S/C21H16Br2N2O4/c1-28-16-8-6-15(7-9-16)24-20(26)17(12-13-2-4-14(22)5-3-13)25-21(27)18-10-11-19(23)29-18/h2-12H,1H3,(H,24,26)(H,25,27)/b17-12+. The minimum absolute atomic E-state index is 0.0701. The molecule has 0 fully saturated rings. The van der Waals surface area contributed by atoms with Gasteiger partial charge in [0.15, 0.2) is 10.4 Å². The van der Waals surface area contributed by atoms with Crippen molar-refractivity contribution >= 4 is 55.4 Å². The van der Waals surface area contributed by atoms with Gasteiger partial charge in [0.1, 0.15) is 11.4 Å². The molecule has 2 aromatic carbocycles. The number of halogens is 2. The fourth-order valence-electron chi connectivity index (χ4n) is 2.38. The van der Waals surface area contributed by atoms with Crippen molar-refractivity contribution in [2.75, 3.05) is 12.4 Å². The van der Waals surface area contributed by atoms with E-state index >= 15 is 0 Å². The number of methoxy groups -OCH3 is 1. The number of amides is 2. The van der Waals surface area contributed by atoms with E-state index in [1.165, 1.54) is 6.07 Å². The number of hydrogen-bond acceptors (Lipinski definition) is 4. The van der Waals surface area contributed by atoms with Gasteiger partial charge in [-0.05, 0) is 76.1 Å². The van der Waals surface area contributed by atoms with E-state index in [2.05, 4.69) is 42.5 Å². The van der Waals surface area contributed by atoms with Gasteiger partial charge in [-0.15, -0.1) is 0 Å². The Morgan fingerprint density at radius 2 is 1.66 bits per heavy atom. The van der Waals surface area contributed by atoms with Crippen LogP contribution < -0.4 is 15.4 Å². The van der Waals surface area contributed by atoms with Crippen molar-refractivity contribution in [2.45, 2.75) is 0 Å². The predicted octanol–water partition coefficient (Wildman–Crippen LogP) is 5.22. The molecule has 3 rings (SSSR count). The fourth-order valence-corrected chi connectivity index (χ4v) is 2.95. The lowest BCUT2D eigenvalue weighted by Crippen LogP contribution is -2.30. The summed E-state index contributed by atoms with van der Waals surface area (Å²) in [6, 6.07) is 17.3. The second-order valence-corrected chi connectivity index (χ2v) is 7.55. The lowest BCUT2D eigenvalue weighted by molar-refractivity contribution is -0.113. The topological polar surface area (TPSA) is 80.6 Å². The zero-order chi connectivity index (χ0) is 20.8. The summed E-state index contributed by atoms with van der Waals surface area (Å²) in [4.78, 5) is 25.3. The molecule has 6 nitrogen and oxygen atoms in total. The summed E-state index contributed by atoms with van der Waals surface area (Å²) in [6.45, 7) is 0. The number of furan rings is 1. The van der Waals surface area contributed by atoms with Gasteiger partial charge in [-0.3, -0.25) is 9.59 Å². The van der Waals surface area contributed by atoms with Gasteiger partial charge in [-0.2, -0.15) is 0 Å². The Morgan fingerprint density at radius 1 is 0.966 bits per heavy atom. The molecular weight excluding hydrogens is 504 g/mol. The summed E-state index contributed by atoms with van der Waals surface area (Å²) < 4.78 is 11.7. The van der Waals surface area contributed by atoms with Gasteiger partial charge in [0.2, 0.25) is 0 Å². The number of anilines is 1. The second kappa shape index (κ2) is 9.58. The largest absolute Gasteiger partial charge is 0.497 e. The van der Waals surface area contributed by atoms with Crippen molar-refractivity contribution in [3.8, 4) is 5.75 Å². The first kappa shape index (κ1) is 20.9. The van der Waals surface area contributed by atoms with E-state index in [9.17, 15) is 9.59 Å². The predicted molar refractivity (Wildman–Crippen MR) is 118 cm³/mol. The average molecular weight is 520 g/mol. The Kier molecular flexibility index (Phi) is 6.90. The molecule has 0 atom stereocenters.